The quantitative estimate of drug-likeness (QED) is 0.145. The van der Waals surface area contributed by atoms with Crippen molar-refractivity contribution in [3.8, 4) is 5.69 Å². The number of esters is 1. The van der Waals surface area contributed by atoms with Gasteiger partial charge in [0, 0.05) is 28.8 Å². The molecule has 2 heterocycles. The van der Waals surface area contributed by atoms with Crippen LogP contribution in [0.5, 0.6) is 0 Å². The summed E-state index contributed by atoms with van der Waals surface area (Å²) < 4.78 is 18.6. The smallest absolute Gasteiger partial charge is 0.411 e. The molecule has 0 saturated heterocycles. The van der Waals surface area contributed by atoms with E-state index in [2.05, 4.69) is 10.4 Å². The third-order valence-electron chi connectivity index (χ3n) is 4.76. The highest BCUT2D eigenvalue weighted by Crippen LogP contribution is 2.24. The number of benzene rings is 2. The van der Waals surface area contributed by atoms with Gasteiger partial charge in [0.1, 0.15) is 12.2 Å². The Morgan fingerprint density at radius 3 is 2.63 bits per heavy atom. The van der Waals surface area contributed by atoms with Crippen LogP contribution in [-0.2, 0) is 16.1 Å². The van der Waals surface area contributed by atoms with Crippen LogP contribution in [0.25, 0.3) is 16.7 Å². The first-order chi connectivity index (χ1) is 16.9. The number of amides is 1. The van der Waals surface area contributed by atoms with Gasteiger partial charge in [0.25, 0.3) is 0 Å². The zero-order valence-corrected chi connectivity index (χ0v) is 21.1. The van der Waals surface area contributed by atoms with Crippen LogP contribution in [0, 0.1) is 3.95 Å². The maximum absolute atomic E-state index is 12.6. The van der Waals surface area contributed by atoms with E-state index >= 15 is 0 Å². The number of nitrogens with zero attached hydrogens (tertiary/aromatic N) is 2. The van der Waals surface area contributed by atoms with Gasteiger partial charge in [0.15, 0.2) is 8.29 Å². The standard InChI is InChI=1S/C23H19N3O6S3/c1-3-30-21(29)24-15-6-9-17-14(10-19(27)32-18(17)11-15)12-31-20(28)13-4-7-16(8-5-13)26-23(33)35-22(25-26)34-2/h4-11H,3,12H2,1-2H3,(H,24,29). The number of aromatic nitrogens is 2. The van der Waals surface area contributed by atoms with E-state index in [1.807, 2.05) is 6.26 Å². The molecule has 0 radical (unpaired) electrons. The number of fused-ring (bicyclic) bond motifs is 1. The van der Waals surface area contributed by atoms with Gasteiger partial charge in [-0.3, -0.25) is 5.32 Å². The minimum atomic E-state index is -0.618. The third kappa shape index (κ3) is 5.78. The van der Waals surface area contributed by atoms with Crippen molar-refractivity contribution in [2.75, 3.05) is 18.2 Å². The van der Waals surface area contributed by atoms with E-state index in [-0.39, 0.29) is 18.8 Å². The number of ether oxygens (including phenoxy) is 2. The van der Waals surface area contributed by atoms with Gasteiger partial charge in [0.2, 0.25) is 0 Å². The van der Waals surface area contributed by atoms with E-state index < -0.39 is 17.7 Å². The van der Waals surface area contributed by atoms with Crippen LogP contribution in [-0.4, -0.2) is 34.7 Å². The number of carbonyl (C=O) groups is 2. The average molecular weight is 530 g/mol. The summed E-state index contributed by atoms with van der Waals surface area (Å²) in [6.07, 6.45) is 1.31. The van der Waals surface area contributed by atoms with Gasteiger partial charge in [-0.1, -0.05) is 23.1 Å². The second-order valence-electron chi connectivity index (χ2n) is 7.02. The van der Waals surface area contributed by atoms with Crippen molar-refractivity contribution in [2.24, 2.45) is 0 Å². The van der Waals surface area contributed by atoms with Crippen LogP contribution < -0.4 is 10.9 Å². The molecule has 2 aromatic heterocycles. The molecule has 12 heteroatoms. The normalized spacial score (nSPS) is 10.8. The van der Waals surface area contributed by atoms with E-state index in [0.29, 0.717) is 26.2 Å². The lowest BCUT2D eigenvalue weighted by atomic mass is 10.1. The number of carbonyl (C=O) groups excluding carboxylic acids is 2. The molecule has 1 N–H and O–H groups in total. The molecule has 35 heavy (non-hydrogen) atoms. The predicted octanol–water partition coefficient (Wildman–Crippen LogP) is 5.42. The van der Waals surface area contributed by atoms with E-state index in [1.165, 1.54) is 35.2 Å². The molecule has 0 spiro atoms. The van der Waals surface area contributed by atoms with Gasteiger partial charge in [-0.2, -0.15) is 0 Å². The van der Waals surface area contributed by atoms with E-state index in [0.717, 1.165) is 10.0 Å². The molecule has 0 saturated carbocycles. The number of thioether (sulfide) groups is 1. The molecule has 0 fully saturated rings. The maximum atomic E-state index is 12.6. The van der Waals surface area contributed by atoms with Gasteiger partial charge in [0.05, 0.1) is 17.9 Å². The van der Waals surface area contributed by atoms with Crippen LogP contribution in [0.2, 0.25) is 0 Å². The minimum absolute atomic E-state index is 0.137. The Balaban J connectivity index is 1.49. The lowest BCUT2D eigenvalue weighted by Gasteiger charge is -2.09. The lowest BCUT2D eigenvalue weighted by molar-refractivity contribution is 0.0473. The van der Waals surface area contributed by atoms with Gasteiger partial charge >= 0.3 is 17.7 Å². The van der Waals surface area contributed by atoms with Crippen LogP contribution in [0.15, 0.2) is 62.1 Å². The third-order valence-corrected chi connectivity index (χ3v) is 6.97. The Hall–Kier alpha value is -3.48. The molecule has 0 aliphatic heterocycles. The van der Waals surface area contributed by atoms with Crippen LogP contribution in [0.3, 0.4) is 0 Å². The van der Waals surface area contributed by atoms with Crippen LogP contribution in [0.4, 0.5) is 10.5 Å². The minimum Gasteiger partial charge on any atom is -0.457 e. The Labute approximate surface area is 212 Å². The van der Waals surface area contributed by atoms with Crippen LogP contribution >= 0.6 is 35.3 Å². The SMILES string of the molecule is CCOC(=O)Nc1ccc2c(COC(=O)c3ccc(-n4nc(SC)sc4=S)cc3)cc(=O)oc2c1. The number of anilines is 1. The molecule has 4 aromatic rings. The Morgan fingerprint density at radius 1 is 1.17 bits per heavy atom. The Bertz CT molecular complexity index is 1510. The summed E-state index contributed by atoms with van der Waals surface area (Å²) >= 11 is 8.27. The first-order valence-electron chi connectivity index (χ1n) is 10.3. The van der Waals surface area contributed by atoms with Crippen LogP contribution in [0.1, 0.15) is 22.8 Å². The molecule has 0 unspecified atom stereocenters. The fourth-order valence-corrected chi connectivity index (χ4v) is 4.96. The summed E-state index contributed by atoms with van der Waals surface area (Å²) in [5.74, 6) is -0.551. The molecule has 4 rings (SSSR count). The second kappa shape index (κ2) is 10.8. The number of nitrogens with one attached hydrogen (secondary N) is 1. The summed E-state index contributed by atoms with van der Waals surface area (Å²) in [4.78, 5) is 36.3. The fraction of sp³-hybridized carbons (Fsp3) is 0.174. The molecule has 1 amide bonds. The Morgan fingerprint density at radius 2 is 1.94 bits per heavy atom. The van der Waals surface area contributed by atoms with Crippen molar-refractivity contribution < 1.29 is 23.5 Å². The molecule has 0 bridgehead atoms. The number of rotatable bonds is 7. The predicted molar refractivity (Wildman–Crippen MR) is 136 cm³/mol. The number of hydrogen-bond acceptors (Lipinski definition) is 10. The highest BCUT2D eigenvalue weighted by atomic mass is 32.2. The highest BCUT2D eigenvalue weighted by Gasteiger charge is 2.13. The lowest BCUT2D eigenvalue weighted by Crippen LogP contribution is -2.13. The number of hydrogen-bond donors (Lipinski definition) is 1. The average Bonchev–Trinajstić information content (AvgIpc) is 3.23. The molecular weight excluding hydrogens is 510 g/mol. The molecule has 2 aromatic carbocycles. The van der Waals surface area contributed by atoms with Crippen molar-refractivity contribution in [1.29, 1.82) is 0 Å². The molecular formula is C23H19N3O6S3. The summed E-state index contributed by atoms with van der Waals surface area (Å²) in [6.45, 7) is 1.78. The zero-order valence-electron chi connectivity index (χ0n) is 18.6. The highest BCUT2D eigenvalue weighted by molar-refractivity contribution is 8.00. The first kappa shape index (κ1) is 24.6. The van der Waals surface area contributed by atoms with E-state index in [1.54, 1.807) is 48.0 Å². The molecule has 0 aliphatic carbocycles. The zero-order chi connectivity index (χ0) is 24.9. The van der Waals surface area contributed by atoms with E-state index in [4.69, 9.17) is 26.1 Å². The summed E-state index contributed by atoms with van der Waals surface area (Å²) in [7, 11) is 0. The summed E-state index contributed by atoms with van der Waals surface area (Å²) in [5, 5.41) is 7.55. The van der Waals surface area contributed by atoms with Crippen molar-refractivity contribution in [2.45, 2.75) is 17.9 Å². The molecule has 9 nitrogen and oxygen atoms in total. The van der Waals surface area contributed by atoms with Gasteiger partial charge < -0.3 is 13.9 Å². The van der Waals surface area contributed by atoms with Crippen molar-refractivity contribution in [1.82, 2.24) is 9.78 Å². The molecule has 0 atom stereocenters. The van der Waals surface area contributed by atoms with Gasteiger partial charge in [-0.05, 0) is 61.8 Å². The fourth-order valence-electron chi connectivity index (χ4n) is 3.18. The summed E-state index contributed by atoms with van der Waals surface area (Å²) in [6, 6.07) is 12.8. The van der Waals surface area contributed by atoms with Gasteiger partial charge in [-0.15, -0.1) is 5.10 Å². The molecule has 0 aliphatic rings. The van der Waals surface area contributed by atoms with E-state index in [9.17, 15) is 14.4 Å². The maximum Gasteiger partial charge on any atom is 0.411 e. The van der Waals surface area contributed by atoms with Crippen molar-refractivity contribution in [3.05, 3.63) is 74.0 Å². The molecule has 180 valence electrons. The summed E-state index contributed by atoms with van der Waals surface area (Å²) in [5.41, 5.74) is 1.59. The van der Waals surface area contributed by atoms with Crippen molar-refractivity contribution >= 4 is 64.0 Å². The monoisotopic (exact) mass is 529 g/mol. The van der Waals surface area contributed by atoms with Crippen molar-refractivity contribution in [3.63, 3.8) is 0 Å². The van der Waals surface area contributed by atoms with Gasteiger partial charge in [-0.25, -0.2) is 19.1 Å². The first-order valence-corrected chi connectivity index (χ1v) is 12.7. The topological polar surface area (TPSA) is 113 Å². The second-order valence-corrected chi connectivity index (χ2v) is 9.70. The largest absolute Gasteiger partial charge is 0.457 e. The Kier molecular flexibility index (Phi) is 7.63.